The Hall–Kier alpha value is -1.32. The Bertz CT molecular complexity index is 305. The molecule has 0 fully saturated rings. The minimum Gasteiger partial charge on any atom is -0.469 e. The Morgan fingerprint density at radius 2 is 2.23 bits per heavy atom. The average Bonchev–Trinajstić information content (AvgIpc) is 2.02. The first-order chi connectivity index (χ1) is 6.11. The van der Waals surface area contributed by atoms with E-state index in [1.807, 2.05) is 0 Å². The first-order valence-corrected chi connectivity index (χ1v) is 3.73. The van der Waals surface area contributed by atoms with Gasteiger partial charge in [0.05, 0.1) is 13.5 Å². The maximum Gasteiger partial charge on any atom is 0.309 e. The summed E-state index contributed by atoms with van der Waals surface area (Å²) in [6.45, 7) is 0. The van der Waals surface area contributed by atoms with E-state index >= 15 is 0 Å². The van der Waals surface area contributed by atoms with Crippen molar-refractivity contribution in [3.05, 3.63) is 29.6 Å². The number of benzene rings is 1. The summed E-state index contributed by atoms with van der Waals surface area (Å²) in [6.07, 6.45) is 0.0401. The molecule has 13 heavy (non-hydrogen) atoms. The molecule has 1 aromatic carbocycles. The van der Waals surface area contributed by atoms with Crippen LogP contribution < -0.4 is 5.46 Å². The molecule has 0 aliphatic rings. The van der Waals surface area contributed by atoms with Gasteiger partial charge in [-0.2, -0.15) is 0 Å². The molecule has 0 spiro atoms. The monoisotopic (exact) mass is 178 g/mol. The third kappa shape index (κ3) is 2.90. The molecular weight excluding hydrogens is 170 g/mol. The molecule has 4 heteroatoms. The number of hydrogen-bond donors (Lipinski definition) is 0. The van der Waals surface area contributed by atoms with Crippen molar-refractivity contribution in [3.63, 3.8) is 0 Å². The van der Waals surface area contributed by atoms with Gasteiger partial charge in [0.2, 0.25) is 0 Å². The molecule has 0 aromatic heterocycles. The van der Waals surface area contributed by atoms with Crippen LogP contribution in [0.2, 0.25) is 0 Å². The second-order valence-electron chi connectivity index (χ2n) is 2.65. The standard InChI is InChI=1S/C9H8BFO2/c1-13-9(12)4-6-2-7(10)5-8(11)3-6/h2-3,5H,4H2,1H3. The quantitative estimate of drug-likeness (QED) is 0.482. The topological polar surface area (TPSA) is 26.3 Å². The lowest BCUT2D eigenvalue weighted by molar-refractivity contribution is -0.139. The first kappa shape index (κ1) is 9.77. The summed E-state index contributed by atoms with van der Waals surface area (Å²) in [6, 6.07) is 3.99. The zero-order valence-corrected chi connectivity index (χ0v) is 7.21. The van der Waals surface area contributed by atoms with Gasteiger partial charge in [-0.3, -0.25) is 4.79 Å². The number of ether oxygens (including phenoxy) is 1. The van der Waals surface area contributed by atoms with E-state index in [1.54, 1.807) is 6.07 Å². The van der Waals surface area contributed by atoms with Gasteiger partial charge in [0, 0.05) is 0 Å². The SMILES string of the molecule is [B]c1cc(F)cc(CC(=O)OC)c1. The lowest BCUT2D eigenvalue weighted by Gasteiger charge is -2.01. The summed E-state index contributed by atoms with van der Waals surface area (Å²) in [5, 5.41) is 0. The third-order valence-electron chi connectivity index (χ3n) is 1.56. The van der Waals surface area contributed by atoms with Gasteiger partial charge in [0.25, 0.3) is 0 Å². The number of carbonyl (C=O) groups excluding carboxylic acids is 1. The van der Waals surface area contributed by atoms with E-state index in [0.717, 1.165) is 0 Å². The van der Waals surface area contributed by atoms with Crippen LogP contribution in [0.5, 0.6) is 0 Å². The number of esters is 1. The summed E-state index contributed by atoms with van der Waals surface area (Å²) in [4.78, 5) is 10.8. The van der Waals surface area contributed by atoms with E-state index in [2.05, 4.69) is 4.74 Å². The van der Waals surface area contributed by atoms with Crippen LogP contribution in [0.1, 0.15) is 5.56 Å². The maximum atomic E-state index is 12.8. The number of hydrogen-bond acceptors (Lipinski definition) is 2. The molecule has 0 saturated heterocycles. The van der Waals surface area contributed by atoms with Crippen molar-refractivity contribution in [2.24, 2.45) is 0 Å². The van der Waals surface area contributed by atoms with Gasteiger partial charge < -0.3 is 4.74 Å². The fourth-order valence-electron chi connectivity index (χ4n) is 1.02. The highest BCUT2D eigenvalue weighted by molar-refractivity contribution is 6.32. The van der Waals surface area contributed by atoms with E-state index in [4.69, 9.17) is 7.85 Å². The highest BCUT2D eigenvalue weighted by atomic mass is 19.1. The van der Waals surface area contributed by atoms with Gasteiger partial charge in [0.15, 0.2) is 0 Å². The Morgan fingerprint density at radius 1 is 1.54 bits per heavy atom. The fourth-order valence-corrected chi connectivity index (χ4v) is 1.02. The first-order valence-electron chi connectivity index (χ1n) is 3.73. The fraction of sp³-hybridized carbons (Fsp3) is 0.222. The van der Waals surface area contributed by atoms with E-state index < -0.39 is 11.8 Å². The molecule has 1 rings (SSSR count). The minimum absolute atomic E-state index is 0.0401. The number of carbonyl (C=O) groups is 1. The maximum absolute atomic E-state index is 12.8. The molecule has 0 heterocycles. The second-order valence-corrected chi connectivity index (χ2v) is 2.65. The largest absolute Gasteiger partial charge is 0.469 e. The highest BCUT2D eigenvalue weighted by Crippen LogP contribution is 2.02. The molecule has 0 aliphatic heterocycles. The highest BCUT2D eigenvalue weighted by Gasteiger charge is 2.04. The van der Waals surface area contributed by atoms with Crippen LogP contribution in [0.15, 0.2) is 18.2 Å². The summed E-state index contributed by atoms with van der Waals surface area (Å²) < 4.78 is 17.2. The summed E-state index contributed by atoms with van der Waals surface area (Å²) in [5.41, 5.74) is 0.822. The molecule has 66 valence electrons. The van der Waals surface area contributed by atoms with Gasteiger partial charge in [0.1, 0.15) is 13.7 Å². The average molecular weight is 178 g/mol. The number of halogens is 1. The van der Waals surface area contributed by atoms with Gasteiger partial charge in [-0.15, -0.1) is 0 Å². The Morgan fingerprint density at radius 3 is 2.77 bits per heavy atom. The van der Waals surface area contributed by atoms with Crippen LogP contribution in [0.3, 0.4) is 0 Å². The van der Waals surface area contributed by atoms with Gasteiger partial charge >= 0.3 is 5.97 Å². The van der Waals surface area contributed by atoms with Crippen molar-refractivity contribution in [2.45, 2.75) is 6.42 Å². The van der Waals surface area contributed by atoms with Gasteiger partial charge in [-0.25, -0.2) is 4.39 Å². The van der Waals surface area contributed by atoms with Crippen molar-refractivity contribution in [1.82, 2.24) is 0 Å². The van der Waals surface area contributed by atoms with Crippen LogP contribution in [0.4, 0.5) is 4.39 Å². The van der Waals surface area contributed by atoms with Crippen molar-refractivity contribution in [2.75, 3.05) is 7.11 Å². The molecule has 0 atom stereocenters. The summed E-state index contributed by atoms with van der Waals surface area (Å²) in [7, 11) is 6.67. The molecule has 0 N–H and O–H groups in total. The van der Waals surface area contributed by atoms with Gasteiger partial charge in [-0.05, 0) is 17.7 Å². The molecule has 1 aromatic rings. The zero-order chi connectivity index (χ0) is 9.84. The normalized spacial score (nSPS) is 9.69. The minimum atomic E-state index is -0.445. The van der Waals surface area contributed by atoms with Crippen molar-refractivity contribution in [3.8, 4) is 0 Å². The summed E-state index contributed by atoms with van der Waals surface area (Å²) in [5.74, 6) is -0.857. The third-order valence-corrected chi connectivity index (χ3v) is 1.56. The van der Waals surface area contributed by atoms with Crippen molar-refractivity contribution in [1.29, 1.82) is 0 Å². The van der Waals surface area contributed by atoms with Crippen LogP contribution in [0.25, 0.3) is 0 Å². The number of methoxy groups -OCH3 is 1. The van der Waals surface area contributed by atoms with E-state index in [1.165, 1.54) is 19.2 Å². The van der Waals surface area contributed by atoms with Crippen LogP contribution in [0, 0.1) is 5.82 Å². The molecule has 0 saturated carbocycles. The van der Waals surface area contributed by atoms with Crippen molar-refractivity contribution >= 4 is 19.3 Å². The molecule has 0 bridgehead atoms. The number of rotatable bonds is 2. The predicted octanol–water partition coefficient (Wildman–Crippen LogP) is 0.335. The predicted molar refractivity (Wildman–Crippen MR) is 47.5 cm³/mol. The Kier molecular flexibility index (Phi) is 3.06. The van der Waals surface area contributed by atoms with Crippen molar-refractivity contribution < 1.29 is 13.9 Å². The summed E-state index contributed by atoms with van der Waals surface area (Å²) >= 11 is 0. The molecule has 0 amide bonds. The Balaban J connectivity index is 2.83. The molecule has 0 unspecified atom stereocenters. The van der Waals surface area contributed by atoms with E-state index in [9.17, 15) is 9.18 Å². The van der Waals surface area contributed by atoms with E-state index in [-0.39, 0.29) is 6.42 Å². The molecule has 2 nitrogen and oxygen atoms in total. The smallest absolute Gasteiger partial charge is 0.309 e. The second kappa shape index (κ2) is 4.07. The lowest BCUT2D eigenvalue weighted by atomic mass is 9.93. The lowest BCUT2D eigenvalue weighted by Crippen LogP contribution is -2.09. The molecule has 2 radical (unpaired) electrons. The van der Waals surface area contributed by atoms with Crippen LogP contribution in [-0.4, -0.2) is 20.9 Å². The zero-order valence-electron chi connectivity index (χ0n) is 7.21. The van der Waals surface area contributed by atoms with Gasteiger partial charge in [-0.1, -0.05) is 11.5 Å². The molecule has 0 aliphatic carbocycles. The molecular formula is C9H8BFO2. The van der Waals surface area contributed by atoms with Crippen LogP contribution >= 0.6 is 0 Å². The Labute approximate surface area is 77.1 Å². The van der Waals surface area contributed by atoms with Crippen LogP contribution in [-0.2, 0) is 16.0 Å². The van der Waals surface area contributed by atoms with E-state index in [0.29, 0.717) is 11.0 Å².